The van der Waals surface area contributed by atoms with E-state index in [4.69, 9.17) is 9.84 Å². The molecule has 0 aliphatic heterocycles. The topological polar surface area (TPSA) is 83.9 Å². The molecule has 1 N–H and O–H groups in total. The van der Waals surface area contributed by atoms with Crippen LogP contribution in [0.2, 0.25) is 0 Å². The van der Waals surface area contributed by atoms with Gasteiger partial charge in [0.1, 0.15) is 0 Å². The highest BCUT2D eigenvalue weighted by atomic mass is 32.2. The minimum Gasteiger partial charge on any atom is -0.480 e. The first-order chi connectivity index (χ1) is 7.19. The molecule has 0 saturated heterocycles. The zero-order valence-electron chi connectivity index (χ0n) is 10.0. The molecule has 96 valence electrons. The highest BCUT2D eigenvalue weighted by molar-refractivity contribution is 7.90. The predicted octanol–water partition coefficient (Wildman–Crippen LogP) is 0.146. The zero-order valence-corrected chi connectivity index (χ0v) is 10.8. The van der Waals surface area contributed by atoms with Gasteiger partial charge in [-0.25, -0.2) is 12.7 Å². The lowest BCUT2D eigenvalue weighted by atomic mass is 10.5. The fourth-order valence-corrected chi connectivity index (χ4v) is 2.07. The predicted molar refractivity (Wildman–Crippen MR) is 59.7 cm³/mol. The van der Waals surface area contributed by atoms with Crippen LogP contribution in [-0.2, 0) is 19.6 Å². The first-order valence-corrected chi connectivity index (χ1v) is 6.49. The molecule has 0 amide bonds. The van der Waals surface area contributed by atoms with Crippen molar-refractivity contribution in [3.05, 3.63) is 0 Å². The lowest BCUT2D eigenvalue weighted by Crippen LogP contribution is -2.40. The van der Waals surface area contributed by atoms with Crippen LogP contribution in [0.25, 0.3) is 0 Å². The summed E-state index contributed by atoms with van der Waals surface area (Å²) in [4.78, 5) is 10.6. The summed E-state index contributed by atoms with van der Waals surface area (Å²) in [5.41, 5.74) is 0. The molecule has 0 aliphatic rings. The quantitative estimate of drug-likeness (QED) is 0.698. The minimum absolute atomic E-state index is 0.0213. The fourth-order valence-electron chi connectivity index (χ4n) is 0.942. The third-order valence-corrected chi connectivity index (χ3v) is 4.23. The Hall–Kier alpha value is -0.660. The fraction of sp³-hybridized carbons (Fsp3) is 0.889. The van der Waals surface area contributed by atoms with E-state index in [9.17, 15) is 13.2 Å². The molecule has 0 aliphatic carbocycles. The Morgan fingerprint density at radius 2 is 1.88 bits per heavy atom. The van der Waals surface area contributed by atoms with Crippen LogP contribution >= 0.6 is 0 Å². The highest BCUT2D eigenvalue weighted by Crippen LogP contribution is 2.06. The molecule has 0 rings (SSSR count). The van der Waals surface area contributed by atoms with Crippen molar-refractivity contribution < 1.29 is 23.1 Å². The third kappa shape index (κ3) is 4.46. The molecule has 0 saturated carbocycles. The molecule has 0 heterocycles. The van der Waals surface area contributed by atoms with Crippen molar-refractivity contribution in [3.63, 3.8) is 0 Å². The van der Waals surface area contributed by atoms with Gasteiger partial charge in [-0.05, 0) is 20.8 Å². The molecular weight excluding hydrogens is 234 g/mol. The van der Waals surface area contributed by atoms with Gasteiger partial charge < -0.3 is 9.84 Å². The van der Waals surface area contributed by atoms with Crippen LogP contribution in [0.3, 0.4) is 0 Å². The average molecular weight is 253 g/mol. The van der Waals surface area contributed by atoms with Crippen molar-refractivity contribution in [2.24, 2.45) is 0 Å². The van der Waals surface area contributed by atoms with Gasteiger partial charge in [0.2, 0.25) is 10.0 Å². The second-order valence-corrected chi connectivity index (χ2v) is 6.13. The molecule has 0 bridgehead atoms. The van der Waals surface area contributed by atoms with Gasteiger partial charge in [0.05, 0.1) is 12.7 Å². The first kappa shape index (κ1) is 15.3. The summed E-state index contributed by atoms with van der Waals surface area (Å²) >= 11 is 0. The van der Waals surface area contributed by atoms with Gasteiger partial charge in [-0.3, -0.25) is 4.79 Å². The summed E-state index contributed by atoms with van der Waals surface area (Å²) in [6.45, 7) is 5.23. The second-order valence-electron chi connectivity index (χ2n) is 3.77. The Morgan fingerprint density at radius 3 is 2.25 bits per heavy atom. The van der Waals surface area contributed by atoms with Crippen LogP contribution in [0.1, 0.15) is 20.8 Å². The number of ether oxygens (including phenoxy) is 1. The van der Waals surface area contributed by atoms with E-state index >= 15 is 0 Å². The van der Waals surface area contributed by atoms with Crippen molar-refractivity contribution in [1.82, 2.24) is 4.31 Å². The van der Waals surface area contributed by atoms with Crippen LogP contribution in [0, 0.1) is 0 Å². The number of aliphatic carboxylic acids is 1. The Kier molecular flexibility index (Phi) is 5.91. The minimum atomic E-state index is -3.78. The van der Waals surface area contributed by atoms with Gasteiger partial charge >= 0.3 is 5.97 Å². The number of sulfonamides is 1. The normalized spacial score (nSPS) is 14.4. The Bertz CT molecular complexity index is 325. The maximum atomic E-state index is 11.6. The van der Waals surface area contributed by atoms with Crippen molar-refractivity contribution in [2.75, 3.05) is 20.2 Å². The summed E-state index contributed by atoms with van der Waals surface area (Å²) in [6, 6.07) is 0. The van der Waals surface area contributed by atoms with E-state index in [0.29, 0.717) is 0 Å². The smallest absolute Gasteiger partial charge is 0.323 e. The molecule has 0 radical (unpaired) electrons. The number of likely N-dealkylation sites (N-methyl/N-ethyl adjacent to an activating group) is 1. The molecule has 7 heteroatoms. The molecule has 0 spiro atoms. The lowest BCUT2D eigenvalue weighted by molar-refractivity contribution is -0.136. The number of nitrogens with zero attached hydrogens (tertiary/aromatic N) is 1. The van der Waals surface area contributed by atoms with Crippen LogP contribution in [0.4, 0.5) is 0 Å². The zero-order chi connectivity index (χ0) is 12.9. The summed E-state index contributed by atoms with van der Waals surface area (Å²) < 4.78 is 29.5. The van der Waals surface area contributed by atoms with Crippen LogP contribution < -0.4 is 0 Å². The van der Waals surface area contributed by atoms with E-state index in [-0.39, 0.29) is 19.3 Å². The van der Waals surface area contributed by atoms with Gasteiger partial charge in [0.25, 0.3) is 0 Å². The number of carboxylic acid groups (broad SMARTS) is 1. The maximum Gasteiger partial charge on any atom is 0.323 e. The molecule has 0 aromatic heterocycles. The Balaban J connectivity index is 4.36. The summed E-state index contributed by atoms with van der Waals surface area (Å²) in [6.07, 6.45) is 0.0213. The second kappa shape index (κ2) is 6.17. The Morgan fingerprint density at radius 1 is 1.38 bits per heavy atom. The first-order valence-electron chi connectivity index (χ1n) is 4.99. The molecule has 16 heavy (non-hydrogen) atoms. The van der Waals surface area contributed by atoms with Crippen molar-refractivity contribution >= 4 is 16.0 Å². The van der Waals surface area contributed by atoms with Gasteiger partial charge in [-0.2, -0.15) is 0 Å². The number of rotatable bonds is 7. The lowest BCUT2D eigenvalue weighted by Gasteiger charge is -2.20. The number of carbonyl (C=O) groups is 1. The van der Waals surface area contributed by atoms with Crippen molar-refractivity contribution in [1.29, 1.82) is 0 Å². The molecule has 0 aromatic rings. The van der Waals surface area contributed by atoms with Gasteiger partial charge in [-0.1, -0.05) is 0 Å². The SMILES string of the molecule is CC(C)OCCN(C)S(=O)(=O)C(C)C(=O)O. The molecule has 0 aromatic carbocycles. The van der Waals surface area contributed by atoms with Crippen LogP contribution in [0.5, 0.6) is 0 Å². The average Bonchev–Trinajstić information content (AvgIpc) is 2.15. The number of hydrogen-bond donors (Lipinski definition) is 1. The molecule has 6 nitrogen and oxygen atoms in total. The monoisotopic (exact) mass is 253 g/mol. The molecule has 0 fully saturated rings. The molecule has 1 unspecified atom stereocenters. The summed E-state index contributed by atoms with van der Waals surface area (Å²) in [5, 5.41) is 7.21. The van der Waals surface area contributed by atoms with Gasteiger partial charge in [0, 0.05) is 13.6 Å². The summed E-state index contributed by atoms with van der Waals surface area (Å²) in [7, 11) is -2.44. The maximum absolute atomic E-state index is 11.6. The van der Waals surface area contributed by atoms with Gasteiger partial charge in [0.15, 0.2) is 5.25 Å². The molecular formula is C9H19NO5S. The number of carboxylic acids is 1. The standard InChI is InChI=1S/C9H19NO5S/c1-7(2)15-6-5-10(4)16(13,14)8(3)9(11)12/h7-8H,5-6H2,1-4H3,(H,11,12). The van der Waals surface area contributed by atoms with E-state index in [1.165, 1.54) is 7.05 Å². The highest BCUT2D eigenvalue weighted by Gasteiger charge is 2.31. The van der Waals surface area contributed by atoms with Crippen molar-refractivity contribution in [3.8, 4) is 0 Å². The van der Waals surface area contributed by atoms with Crippen molar-refractivity contribution in [2.45, 2.75) is 32.1 Å². The van der Waals surface area contributed by atoms with Crippen LogP contribution in [-0.4, -0.2) is 55.4 Å². The van der Waals surface area contributed by atoms with E-state index in [1.54, 1.807) is 0 Å². The Labute approximate surface area is 96.2 Å². The van der Waals surface area contributed by atoms with Crippen LogP contribution in [0.15, 0.2) is 0 Å². The molecule has 1 atom stereocenters. The van der Waals surface area contributed by atoms with E-state index < -0.39 is 21.2 Å². The van der Waals surface area contributed by atoms with E-state index in [2.05, 4.69) is 0 Å². The largest absolute Gasteiger partial charge is 0.480 e. The summed E-state index contributed by atoms with van der Waals surface area (Å²) in [5.74, 6) is -1.35. The van der Waals surface area contributed by atoms with E-state index in [1.807, 2.05) is 13.8 Å². The van der Waals surface area contributed by atoms with E-state index in [0.717, 1.165) is 11.2 Å². The number of hydrogen-bond acceptors (Lipinski definition) is 4. The van der Waals surface area contributed by atoms with Gasteiger partial charge in [-0.15, -0.1) is 0 Å². The third-order valence-electron chi connectivity index (χ3n) is 2.09.